The van der Waals surface area contributed by atoms with Gasteiger partial charge in [-0.1, -0.05) is 74.7 Å². The van der Waals surface area contributed by atoms with Gasteiger partial charge in [-0.2, -0.15) is 0 Å². The van der Waals surface area contributed by atoms with Gasteiger partial charge < -0.3 is 9.88 Å². The van der Waals surface area contributed by atoms with Crippen molar-refractivity contribution in [2.75, 3.05) is 5.32 Å². The smallest absolute Gasteiger partial charge is 0.227 e. The van der Waals surface area contributed by atoms with Gasteiger partial charge in [-0.25, -0.2) is 4.98 Å². The van der Waals surface area contributed by atoms with Gasteiger partial charge in [0.25, 0.3) is 0 Å². The monoisotopic (exact) mass is 465 g/mol. The fourth-order valence-electron chi connectivity index (χ4n) is 5.25. The number of carbonyl (C=O) groups excluding carboxylic acids is 1. The van der Waals surface area contributed by atoms with Crippen molar-refractivity contribution in [1.29, 1.82) is 0 Å². The maximum Gasteiger partial charge on any atom is 0.227 e. The number of amides is 1. The van der Waals surface area contributed by atoms with Crippen LogP contribution in [0.2, 0.25) is 0 Å². The van der Waals surface area contributed by atoms with E-state index in [2.05, 4.69) is 78.3 Å². The predicted molar refractivity (Wildman–Crippen MR) is 145 cm³/mol. The van der Waals surface area contributed by atoms with Gasteiger partial charge in [-0.15, -0.1) is 0 Å². The normalized spacial score (nSPS) is 14.0. The van der Waals surface area contributed by atoms with Gasteiger partial charge in [-0.05, 0) is 66.6 Å². The van der Waals surface area contributed by atoms with Crippen molar-refractivity contribution >= 4 is 22.6 Å². The summed E-state index contributed by atoms with van der Waals surface area (Å²) in [5.74, 6) is 1.43. The van der Waals surface area contributed by atoms with Crippen LogP contribution < -0.4 is 5.32 Å². The maximum atomic E-state index is 12.7. The average molecular weight is 466 g/mol. The number of hydrogen-bond donors (Lipinski definition) is 1. The molecule has 1 heterocycles. The molecule has 4 aromatic rings. The Morgan fingerprint density at radius 3 is 2.54 bits per heavy atom. The molecule has 1 fully saturated rings. The van der Waals surface area contributed by atoms with Gasteiger partial charge in [0.1, 0.15) is 5.82 Å². The lowest BCUT2D eigenvalue weighted by Crippen LogP contribution is -2.20. The van der Waals surface area contributed by atoms with E-state index in [1.807, 2.05) is 12.1 Å². The van der Waals surface area contributed by atoms with Crippen molar-refractivity contribution in [2.24, 2.45) is 5.92 Å². The first-order chi connectivity index (χ1) is 17.1. The summed E-state index contributed by atoms with van der Waals surface area (Å²) >= 11 is 0. The first-order valence-corrected chi connectivity index (χ1v) is 13.1. The van der Waals surface area contributed by atoms with Crippen molar-refractivity contribution in [3.8, 4) is 11.1 Å². The van der Waals surface area contributed by atoms with Crippen LogP contribution in [0.25, 0.3) is 22.2 Å². The molecule has 0 bridgehead atoms. The molecule has 3 aromatic carbocycles. The number of aryl methyl sites for hydroxylation is 2. The topological polar surface area (TPSA) is 46.9 Å². The molecule has 5 rings (SSSR count). The second-order valence-corrected chi connectivity index (χ2v) is 9.90. The van der Waals surface area contributed by atoms with Crippen molar-refractivity contribution < 1.29 is 4.79 Å². The fraction of sp³-hybridized carbons (Fsp3) is 0.355. The number of unbranched alkanes of at least 4 members (excludes halogenated alkanes) is 1. The van der Waals surface area contributed by atoms with E-state index in [-0.39, 0.29) is 11.8 Å². The summed E-state index contributed by atoms with van der Waals surface area (Å²) in [7, 11) is 0. The molecule has 1 aliphatic rings. The number of fused-ring (bicyclic) bond motifs is 1. The number of imidazole rings is 1. The van der Waals surface area contributed by atoms with Crippen LogP contribution in [0, 0.1) is 12.8 Å². The molecule has 0 saturated heterocycles. The summed E-state index contributed by atoms with van der Waals surface area (Å²) in [5, 5.41) is 3.17. The molecule has 0 unspecified atom stereocenters. The van der Waals surface area contributed by atoms with E-state index in [1.54, 1.807) is 0 Å². The highest BCUT2D eigenvalue weighted by Gasteiger charge is 2.23. The van der Waals surface area contributed by atoms with E-state index < -0.39 is 0 Å². The highest BCUT2D eigenvalue weighted by molar-refractivity contribution is 5.94. The summed E-state index contributed by atoms with van der Waals surface area (Å²) in [5.41, 5.74) is 8.00. The molecule has 4 heteroatoms. The van der Waals surface area contributed by atoms with Gasteiger partial charge in [0.05, 0.1) is 11.0 Å². The summed E-state index contributed by atoms with van der Waals surface area (Å²) < 4.78 is 2.33. The van der Waals surface area contributed by atoms with Gasteiger partial charge in [-0.3, -0.25) is 4.79 Å². The van der Waals surface area contributed by atoms with Crippen molar-refractivity contribution in [2.45, 2.75) is 65.3 Å². The van der Waals surface area contributed by atoms with E-state index in [9.17, 15) is 4.79 Å². The summed E-state index contributed by atoms with van der Waals surface area (Å²) in [4.78, 5) is 17.7. The lowest BCUT2D eigenvalue weighted by atomic mass is 9.99. The molecule has 1 N–H and O–H groups in total. The quantitative estimate of drug-likeness (QED) is 0.292. The molecule has 180 valence electrons. The molecule has 1 aliphatic carbocycles. The number of carbonyl (C=O) groups is 1. The van der Waals surface area contributed by atoms with Crippen LogP contribution in [-0.4, -0.2) is 15.5 Å². The van der Waals surface area contributed by atoms with Crippen LogP contribution in [0.3, 0.4) is 0 Å². The Hall–Kier alpha value is -3.40. The number of rotatable bonds is 8. The van der Waals surface area contributed by atoms with Crippen LogP contribution in [0.1, 0.15) is 62.4 Å². The van der Waals surface area contributed by atoms with Crippen molar-refractivity contribution in [3.63, 3.8) is 0 Å². The lowest BCUT2D eigenvalue weighted by Gasteiger charge is -2.13. The minimum absolute atomic E-state index is 0.155. The van der Waals surface area contributed by atoms with E-state index in [1.165, 1.54) is 22.3 Å². The first-order valence-electron chi connectivity index (χ1n) is 13.1. The Bertz CT molecular complexity index is 1310. The summed E-state index contributed by atoms with van der Waals surface area (Å²) in [6, 6.07) is 23.5. The largest absolute Gasteiger partial charge is 0.326 e. The lowest BCUT2D eigenvalue weighted by molar-refractivity contribution is -0.119. The molecule has 1 aromatic heterocycles. The molecule has 35 heavy (non-hydrogen) atoms. The minimum atomic E-state index is 0.155. The van der Waals surface area contributed by atoms with E-state index in [4.69, 9.17) is 4.98 Å². The summed E-state index contributed by atoms with van der Waals surface area (Å²) in [6.45, 7) is 5.14. The van der Waals surface area contributed by atoms with Crippen LogP contribution in [0.5, 0.6) is 0 Å². The maximum absolute atomic E-state index is 12.7. The van der Waals surface area contributed by atoms with Crippen LogP contribution >= 0.6 is 0 Å². The number of benzene rings is 3. The molecular weight excluding hydrogens is 430 g/mol. The first kappa shape index (κ1) is 23.3. The molecule has 0 aliphatic heterocycles. The second kappa shape index (κ2) is 10.5. The third-order valence-electron chi connectivity index (χ3n) is 7.33. The fourth-order valence-corrected chi connectivity index (χ4v) is 5.25. The van der Waals surface area contributed by atoms with Gasteiger partial charge in [0.2, 0.25) is 5.91 Å². The molecular formula is C31H35N3O. The van der Waals surface area contributed by atoms with E-state index in [0.29, 0.717) is 0 Å². The third-order valence-corrected chi connectivity index (χ3v) is 7.33. The van der Waals surface area contributed by atoms with E-state index in [0.717, 1.165) is 74.0 Å². The molecule has 0 spiro atoms. The number of anilines is 1. The van der Waals surface area contributed by atoms with Crippen LogP contribution in [-0.2, 0) is 17.8 Å². The van der Waals surface area contributed by atoms with Gasteiger partial charge in [0, 0.05) is 24.6 Å². The van der Waals surface area contributed by atoms with Crippen LogP contribution in [0.4, 0.5) is 5.69 Å². The van der Waals surface area contributed by atoms with Crippen molar-refractivity contribution in [3.05, 3.63) is 83.7 Å². The minimum Gasteiger partial charge on any atom is -0.326 e. The predicted octanol–water partition coefficient (Wildman–Crippen LogP) is 7.53. The molecule has 1 amide bonds. The zero-order valence-corrected chi connectivity index (χ0v) is 20.9. The zero-order chi connectivity index (χ0) is 24.2. The molecule has 0 atom stereocenters. The molecule has 4 nitrogen and oxygen atoms in total. The Balaban J connectivity index is 1.43. The van der Waals surface area contributed by atoms with E-state index >= 15 is 0 Å². The number of hydrogen-bond acceptors (Lipinski definition) is 2. The standard InChI is InChI=1S/C31H35N3O/c1-3-4-13-30-33-28-19-18-26(32-31(35)25-10-6-7-11-25)20-29(28)34(30)21-23-14-16-24(17-15-23)27-12-8-5-9-22(27)2/h5,8-9,12,14-20,25H,3-4,6-7,10-11,13,21H2,1-2H3,(H,32,35). The van der Waals surface area contributed by atoms with Gasteiger partial charge in [0.15, 0.2) is 0 Å². The zero-order valence-electron chi connectivity index (χ0n) is 20.9. The number of aromatic nitrogens is 2. The Morgan fingerprint density at radius 2 is 1.80 bits per heavy atom. The third kappa shape index (κ3) is 5.17. The Kier molecular flexibility index (Phi) is 6.98. The summed E-state index contributed by atoms with van der Waals surface area (Å²) in [6.07, 6.45) is 7.53. The number of nitrogens with zero attached hydrogens (tertiary/aromatic N) is 2. The van der Waals surface area contributed by atoms with Crippen molar-refractivity contribution in [1.82, 2.24) is 9.55 Å². The highest BCUT2D eigenvalue weighted by Crippen LogP contribution is 2.28. The average Bonchev–Trinajstić information content (AvgIpc) is 3.53. The molecule has 0 radical (unpaired) electrons. The number of nitrogens with one attached hydrogen (secondary N) is 1. The highest BCUT2D eigenvalue weighted by atomic mass is 16.1. The second-order valence-electron chi connectivity index (χ2n) is 9.90. The Morgan fingerprint density at radius 1 is 1.03 bits per heavy atom. The van der Waals surface area contributed by atoms with Crippen LogP contribution in [0.15, 0.2) is 66.7 Å². The van der Waals surface area contributed by atoms with Gasteiger partial charge >= 0.3 is 0 Å². The SMILES string of the molecule is CCCCc1nc2ccc(NC(=O)C3CCCC3)cc2n1Cc1ccc(-c2ccccc2C)cc1. The Labute approximate surface area is 208 Å². The molecule has 1 saturated carbocycles.